The van der Waals surface area contributed by atoms with E-state index in [9.17, 15) is 0 Å². The fourth-order valence-corrected chi connectivity index (χ4v) is 7.95. The lowest BCUT2D eigenvalue weighted by molar-refractivity contribution is 1.05. The zero-order chi connectivity index (χ0) is 34.4. The summed E-state index contributed by atoms with van der Waals surface area (Å²) in [6.07, 6.45) is 11.0. The van der Waals surface area contributed by atoms with Gasteiger partial charge in [0.2, 0.25) is 0 Å². The van der Waals surface area contributed by atoms with Crippen LogP contribution in [0.5, 0.6) is 0 Å². The van der Waals surface area contributed by atoms with Crippen molar-refractivity contribution in [2.24, 2.45) is 0 Å². The van der Waals surface area contributed by atoms with Gasteiger partial charge in [0.15, 0.2) is 0 Å². The molecule has 4 aromatic carbocycles. The third-order valence-corrected chi connectivity index (χ3v) is 10.3. The number of rotatable bonds is 4. The van der Waals surface area contributed by atoms with Crippen molar-refractivity contribution in [2.75, 3.05) is 0 Å². The summed E-state index contributed by atoms with van der Waals surface area (Å²) in [5, 5.41) is 1.88. The van der Waals surface area contributed by atoms with Gasteiger partial charge in [0.05, 0.1) is 27.6 Å². The van der Waals surface area contributed by atoms with Crippen LogP contribution in [-0.4, -0.2) is 19.9 Å². The molecule has 0 saturated heterocycles. The Hall–Kier alpha value is -6.78. The molecule has 2 N–H and O–H groups in total. The monoisotopic (exact) mass is 666 g/mol. The number of H-pyrrole nitrogens is 2. The molecule has 0 saturated carbocycles. The van der Waals surface area contributed by atoms with Gasteiger partial charge in [0.1, 0.15) is 0 Å². The van der Waals surface area contributed by atoms with Gasteiger partial charge >= 0.3 is 0 Å². The number of aromatic amines is 2. The molecular formula is C48H34N4. The number of benzene rings is 4. The summed E-state index contributed by atoms with van der Waals surface area (Å²) in [5.74, 6) is 0.0125. The van der Waals surface area contributed by atoms with Crippen molar-refractivity contribution in [3.8, 4) is 33.4 Å². The molecule has 3 aromatic heterocycles. The fraction of sp³-hybridized carbons (Fsp3) is 0.0417. The van der Waals surface area contributed by atoms with E-state index in [0.717, 1.165) is 77.5 Å². The van der Waals surface area contributed by atoms with E-state index in [1.54, 1.807) is 0 Å². The van der Waals surface area contributed by atoms with Crippen LogP contribution < -0.4 is 10.7 Å². The van der Waals surface area contributed by atoms with E-state index in [0.29, 0.717) is 0 Å². The summed E-state index contributed by atoms with van der Waals surface area (Å²) in [7, 11) is 0. The van der Waals surface area contributed by atoms with Gasteiger partial charge in [0, 0.05) is 45.1 Å². The van der Waals surface area contributed by atoms with Gasteiger partial charge in [0.25, 0.3) is 0 Å². The number of fused-ring (bicyclic) bond motifs is 10. The number of hydrogen-bond donors (Lipinski definition) is 2. The fourth-order valence-electron chi connectivity index (χ4n) is 7.95. The molecule has 246 valence electrons. The Kier molecular flexibility index (Phi) is 7.24. The maximum Gasteiger partial charge on any atom is 0.0696 e. The van der Waals surface area contributed by atoms with Crippen molar-refractivity contribution in [3.63, 3.8) is 0 Å². The number of aromatic nitrogens is 4. The van der Waals surface area contributed by atoms with Gasteiger partial charge in [-0.3, -0.25) is 9.97 Å². The van der Waals surface area contributed by atoms with Crippen LogP contribution in [0, 0.1) is 0 Å². The SMILES string of the molecule is C1=CC2=c3cc4[nH]c(c(-c5ccccc5)c5nc(cc6ccc(cc(n3)C2C=C1)[nH]6)=CC5c1ccccc1)c(-c1ccccc1)c4-c1ccccc1. The van der Waals surface area contributed by atoms with Gasteiger partial charge < -0.3 is 9.97 Å². The molecule has 2 aliphatic heterocycles. The largest absolute Gasteiger partial charge is 0.355 e. The van der Waals surface area contributed by atoms with E-state index < -0.39 is 0 Å². The first-order valence-electron chi connectivity index (χ1n) is 17.8. The van der Waals surface area contributed by atoms with E-state index in [1.807, 2.05) is 0 Å². The Morgan fingerprint density at radius 1 is 0.500 bits per heavy atom. The van der Waals surface area contributed by atoms with Gasteiger partial charge in [-0.25, -0.2) is 0 Å². The van der Waals surface area contributed by atoms with E-state index in [1.165, 1.54) is 11.1 Å². The van der Waals surface area contributed by atoms with Crippen LogP contribution in [0.3, 0.4) is 0 Å². The highest BCUT2D eigenvalue weighted by atomic mass is 14.8. The predicted molar refractivity (Wildman–Crippen MR) is 214 cm³/mol. The smallest absolute Gasteiger partial charge is 0.0696 e. The molecule has 7 aromatic rings. The van der Waals surface area contributed by atoms with Crippen LogP contribution in [0.15, 0.2) is 176 Å². The molecule has 5 heterocycles. The zero-order valence-corrected chi connectivity index (χ0v) is 28.4. The maximum atomic E-state index is 5.51. The molecule has 0 radical (unpaired) electrons. The minimum Gasteiger partial charge on any atom is -0.355 e. The summed E-state index contributed by atoms with van der Waals surface area (Å²) in [4.78, 5) is 18.5. The molecule has 4 heteroatoms. The normalized spacial score (nSPS) is 16.0. The lowest BCUT2D eigenvalue weighted by Crippen LogP contribution is -2.04. The van der Waals surface area contributed by atoms with Crippen LogP contribution in [-0.2, 0) is 0 Å². The lowest BCUT2D eigenvalue weighted by Gasteiger charge is -2.15. The Labute approximate surface area is 301 Å². The van der Waals surface area contributed by atoms with Crippen molar-refractivity contribution >= 4 is 33.7 Å². The van der Waals surface area contributed by atoms with Crippen LogP contribution >= 0.6 is 0 Å². The third kappa shape index (κ3) is 5.24. The average Bonchev–Trinajstić information content (AvgIpc) is 3.99. The molecule has 4 nitrogen and oxygen atoms in total. The van der Waals surface area contributed by atoms with Crippen LogP contribution in [0.4, 0.5) is 0 Å². The molecule has 3 aliphatic rings. The van der Waals surface area contributed by atoms with Crippen molar-refractivity contribution in [1.29, 1.82) is 0 Å². The molecular weight excluding hydrogens is 633 g/mol. The van der Waals surface area contributed by atoms with Crippen molar-refractivity contribution < 1.29 is 0 Å². The summed E-state index contributed by atoms with van der Waals surface area (Å²) < 4.78 is 0. The van der Waals surface area contributed by atoms with Crippen LogP contribution in [0.2, 0.25) is 0 Å². The molecule has 52 heavy (non-hydrogen) atoms. The van der Waals surface area contributed by atoms with E-state index in [4.69, 9.17) is 9.97 Å². The first-order chi connectivity index (χ1) is 25.8. The molecule has 8 bridgehead atoms. The number of nitrogens with one attached hydrogen (secondary N) is 2. The molecule has 0 amide bonds. The molecule has 1 aliphatic carbocycles. The second-order valence-electron chi connectivity index (χ2n) is 13.5. The Bertz CT molecular complexity index is 2830. The topological polar surface area (TPSA) is 57.4 Å². The zero-order valence-electron chi connectivity index (χ0n) is 28.4. The number of allylic oxidation sites excluding steroid dienone is 4. The second-order valence-corrected chi connectivity index (χ2v) is 13.5. The number of nitrogens with zero attached hydrogens (tertiary/aromatic N) is 2. The van der Waals surface area contributed by atoms with Crippen molar-refractivity contribution in [1.82, 2.24) is 19.9 Å². The number of hydrogen-bond acceptors (Lipinski definition) is 2. The van der Waals surface area contributed by atoms with Crippen molar-refractivity contribution in [3.05, 3.63) is 204 Å². The molecule has 0 fully saturated rings. The highest BCUT2D eigenvalue weighted by Gasteiger charge is 2.27. The Balaban J connectivity index is 1.47. The van der Waals surface area contributed by atoms with Gasteiger partial charge in [-0.15, -0.1) is 0 Å². The molecule has 0 spiro atoms. The Morgan fingerprint density at radius 2 is 1.12 bits per heavy atom. The highest BCUT2D eigenvalue weighted by molar-refractivity contribution is 6.08. The van der Waals surface area contributed by atoms with Gasteiger partial charge in [-0.2, -0.15) is 0 Å². The van der Waals surface area contributed by atoms with E-state index in [2.05, 4.69) is 192 Å². The van der Waals surface area contributed by atoms with E-state index >= 15 is 0 Å². The third-order valence-electron chi connectivity index (χ3n) is 10.3. The predicted octanol–water partition coefficient (Wildman–Crippen LogP) is 9.99. The van der Waals surface area contributed by atoms with Crippen LogP contribution in [0.25, 0.3) is 67.1 Å². The first-order valence-corrected chi connectivity index (χ1v) is 17.8. The van der Waals surface area contributed by atoms with Crippen molar-refractivity contribution in [2.45, 2.75) is 11.8 Å². The minimum absolute atomic E-state index is 0.0646. The summed E-state index contributed by atoms with van der Waals surface area (Å²) in [5.41, 5.74) is 15.2. The summed E-state index contributed by atoms with van der Waals surface area (Å²) in [6, 6.07) is 53.8. The van der Waals surface area contributed by atoms with Gasteiger partial charge in [-0.1, -0.05) is 146 Å². The molecule has 2 atom stereocenters. The standard InChI is InChI=1S/C48H34N4/c1-5-15-31(16-6-1)40-28-37-27-35-25-26-36(49-35)29-41-38-23-13-14-24-39(38)42(51-41)30-43-44(32-17-7-2-8-18-32)45(33-19-9-3-10-20-33)48(52-43)46(47(40)50-37)34-21-11-4-12-22-34/h1-30,38,40,49,52H. The van der Waals surface area contributed by atoms with Gasteiger partial charge in [-0.05, 0) is 64.2 Å². The Morgan fingerprint density at radius 3 is 1.81 bits per heavy atom. The molecule has 10 rings (SSSR count). The quantitative estimate of drug-likeness (QED) is 0.197. The second kappa shape index (κ2) is 12.5. The van der Waals surface area contributed by atoms with E-state index in [-0.39, 0.29) is 11.8 Å². The average molecular weight is 667 g/mol. The maximum absolute atomic E-state index is 5.51. The first kappa shape index (κ1) is 30.1. The lowest BCUT2D eigenvalue weighted by atomic mass is 9.88. The van der Waals surface area contributed by atoms with Crippen LogP contribution in [0.1, 0.15) is 28.8 Å². The highest BCUT2D eigenvalue weighted by Crippen LogP contribution is 2.45. The summed E-state index contributed by atoms with van der Waals surface area (Å²) in [6.45, 7) is 0. The molecule has 2 unspecified atom stereocenters. The summed E-state index contributed by atoms with van der Waals surface area (Å²) >= 11 is 0. The minimum atomic E-state index is -0.0646.